The molecular formula is C28H32FN5O2. The predicted molar refractivity (Wildman–Crippen MR) is 133 cm³/mol. The fourth-order valence-electron chi connectivity index (χ4n) is 5.52. The second-order valence-electron chi connectivity index (χ2n) is 10.4. The number of hydrogen-bond acceptors (Lipinski definition) is 5. The molecule has 188 valence electrons. The molecule has 1 saturated heterocycles. The third-order valence-electron chi connectivity index (χ3n) is 7.91. The number of hydrogen-bond donors (Lipinski definition) is 1. The summed E-state index contributed by atoms with van der Waals surface area (Å²) < 4.78 is 17.3. The van der Waals surface area contributed by atoms with Gasteiger partial charge in [0.2, 0.25) is 0 Å². The molecule has 0 bridgehead atoms. The lowest BCUT2D eigenvalue weighted by atomic mass is 9.83. The minimum atomic E-state index is -1.37. The van der Waals surface area contributed by atoms with E-state index < -0.39 is 17.6 Å². The average molecular weight is 490 g/mol. The molecule has 1 amide bonds. The highest BCUT2D eigenvalue weighted by atomic mass is 19.1. The van der Waals surface area contributed by atoms with E-state index in [2.05, 4.69) is 46.4 Å². The van der Waals surface area contributed by atoms with Crippen molar-refractivity contribution in [2.24, 2.45) is 11.7 Å². The molecule has 2 heterocycles. The Balaban J connectivity index is 1.32. The SMILES string of the molecule is N#CCC1(n2cc(C(N)=O)c(CC(=O)C3CC3)n2)CCN(Cc2ccc(C3=CCCC3)cc2)CC1F. The van der Waals surface area contributed by atoms with Crippen molar-refractivity contribution in [3.63, 3.8) is 0 Å². The molecule has 7 nitrogen and oxygen atoms in total. The standard InChI is InChI=1S/C28H32FN5O2/c29-26-18-33(16-19-5-7-21(8-6-19)20-3-1-2-4-20)14-12-28(26,11-13-30)34-17-23(27(31)36)24(32-34)15-25(35)22-9-10-22/h3,5-8,17,22,26H,1-2,4,9-12,14-16,18H2,(H2,31,36). The predicted octanol–water partition coefficient (Wildman–Crippen LogP) is 3.92. The van der Waals surface area contributed by atoms with Crippen LogP contribution >= 0.6 is 0 Å². The Labute approximate surface area is 210 Å². The second kappa shape index (κ2) is 9.98. The van der Waals surface area contributed by atoms with Gasteiger partial charge in [-0.2, -0.15) is 10.4 Å². The molecule has 1 aromatic heterocycles. The maximum atomic E-state index is 15.9. The number of nitrogens with two attached hydrogens (primary N) is 1. The van der Waals surface area contributed by atoms with Gasteiger partial charge in [-0.15, -0.1) is 0 Å². The van der Waals surface area contributed by atoms with Crippen LogP contribution in [0.3, 0.4) is 0 Å². The molecule has 2 aromatic rings. The number of ketones is 1. The van der Waals surface area contributed by atoms with Crippen LogP contribution in [0.5, 0.6) is 0 Å². The van der Waals surface area contributed by atoms with Crippen molar-refractivity contribution in [1.82, 2.24) is 14.7 Å². The third-order valence-corrected chi connectivity index (χ3v) is 7.91. The van der Waals surface area contributed by atoms with Crippen LogP contribution in [-0.4, -0.2) is 45.6 Å². The Morgan fingerprint density at radius 2 is 2.03 bits per heavy atom. The van der Waals surface area contributed by atoms with Gasteiger partial charge < -0.3 is 5.73 Å². The molecule has 1 aliphatic heterocycles. The largest absolute Gasteiger partial charge is 0.365 e. The number of carbonyl (C=O) groups is 2. The highest BCUT2D eigenvalue weighted by molar-refractivity contribution is 5.95. The van der Waals surface area contributed by atoms with Crippen LogP contribution in [0, 0.1) is 17.2 Å². The molecule has 1 aromatic carbocycles. The smallest absolute Gasteiger partial charge is 0.252 e. The van der Waals surface area contributed by atoms with Gasteiger partial charge in [-0.25, -0.2) is 4.39 Å². The topological polar surface area (TPSA) is 105 Å². The summed E-state index contributed by atoms with van der Waals surface area (Å²) in [5.41, 5.74) is 8.55. The summed E-state index contributed by atoms with van der Waals surface area (Å²) in [5, 5.41) is 14.1. The van der Waals surface area contributed by atoms with Crippen LogP contribution in [0.2, 0.25) is 0 Å². The number of amides is 1. The van der Waals surface area contributed by atoms with Gasteiger partial charge in [0, 0.05) is 31.7 Å². The molecular weight excluding hydrogens is 457 g/mol. The number of primary amides is 1. The lowest BCUT2D eigenvalue weighted by Gasteiger charge is -2.43. The first kappa shape index (κ1) is 24.4. The van der Waals surface area contributed by atoms with E-state index in [1.807, 2.05) is 0 Å². The zero-order valence-electron chi connectivity index (χ0n) is 20.5. The summed E-state index contributed by atoms with van der Waals surface area (Å²) >= 11 is 0. The molecule has 8 heteroatoms. The van der Waals surface area contributed by atoms with Gasteiger partial charge in [0.05, 0.1) is 30.2 Å². The molecule has 2 fully saturated rings. The van der Waals surface area contributed by atoms with E-state index >= 15 is 4.39 Å². The van der Waals surface area contributed by atoms with Crippen LogP contribution in [-0.2, 0) is 23.3 Å². The number of rotatable bonds is 9. The van der Waals surface area contributed by atoms with Gasteiger partial charge >= 0.3 is 0 Å². The summed E-state index contributed by atoms with van der Waals surface area (Å²) in [6.45, 7) is 1.35. The number of nitrogens with zero attached hydrogens (tertiary/aromatic N) is 4. The molecule has 2 aliphatic carbocycles. The van der Waals surface area contributed by atoms with Gasteiger partial charge in [0.15, 0.2) is 0 Å². The molecule has 0 radical (unpaired) electrons. The summed E-state index contributed by atoms with van der Waals surface area (Å²) in [5.74, 6) is -0.652. The quantitative estimate of drug-likeness (QED) is 0.575. The Morgan fingerprint density at radius 3 is 2.64 bits per heavy atom. The highest BCUT2D eigenvalue weighted by Crippen LogP contribution is 2.37. The van der Waals surface area contributed by atoms with Gasteiger partial charge in [-0.3, -0.25) is 19.2 Å². The van der Waals surface area contributed by atoms with E-state index in [1.165, 1.54) is 28.4 Å². The molecule has 1 saturated carbocycles. The van der Waals surface area contributed by atoms with Crippen LogP contribution in [0.4, 0.5) is 4.39 Å². The second-order valence-corrected chi connectivity index (χ2v) is 10.4. The number of carbonyl (C=O) groups excluding carboxylic acids is 2. The summed E-state index contributed by atoms with van der Waals surface area (Å²) in [6, 6.07) is 10.6. The fraction of sp³-hybridized carbons (Fsp3) is 0.500. The Morgan fingerprint density at radius 1 is 1.25 bits per heavy atom. The van der Waals surface area contributed by atoms with E-state index in [9.17, 15) is 14.9 Å². The number of benzene rings is 1. The number of halogens is 1. The normalized spacial score (nSPS) is 24.3. The van der Waals surface area contributed by atoms with E-state index in [1.54, 1.807) is 0 Å². The minimum absolute atomic E-state index is 0.00848. The fourth-order valence-corrected chi connectivity index (χ4v) is 5.52. The lowest BCUT2D eigenvalue weighted by molar-refractivity contribution is -0.119. The van der Waals surface area contributed by atoms with Crippen LogP contribution in [0.15, 0.2) is 36.5 Å². The number of allylic oxidation sites excluding steroid dienone is 2. The maximum Gasteiger partial charge on any atom is 0.252 e. The van der Waals surface area contributed by atoms with Crippen LogP contribution in [0.1, 0.15) is 72.1 Å². The van der Waals surface area contributed by atoms with E-state index in [0.29, 0.717) is 19.5 Å². The first-order valence-corrected chi connectivity index (χ1v) is 12.8. The molecule has 5 rings (SSSR count). The number of Topliss-reactive ketones (excluding diaryl/α,β-unsaturated/α-hetero) is 1. The molecule has 0 spiro atoms. The first-order chi connectivity index (χ1) is 17.4. The van der Waals surface area contributed by atoms with Gasteiger partial charge in [-0.1, -0.05) is 30.3 Å². The number of aromatic nitrogens is 2. The van der Waals surface area contributed by atoms with Crippen molar-refractivity contribution in [3.8, 4) is 6.07 Å². The van der Waals surface area contributed by atoms with E-state index in [0.717, 1.165) is 31.2 Å². The van der Waals surface area contributed by atoms with Gasteiger partial charge in [-0.05, 0) is 55.2 Å². The lowest BCUT2D eigenvalue weighted by Crippen LogP contribution is -2.54. The number of piperidine rings is 1. The zero-order chi connectivity index (χ0) is 25.3. The van der Waals surface area contributed by atoms with Crippen molar-refractivity contribution < 1.29 is 14.0 Å². The van der Waals surface area contributed by atoms with Crippen molar-refractivity contribution in [1.29, 1.82) is 5.26 Å². The Hall–Kier alpha value is -3.31. The van der Waals surface area contributed by atoms with E-state index in [4.69, 9.17) is 5.73 Å². The zero-order valence-corrected chi connectivity index (χ0v) is 20.5. The van der Waals surface area contributed by atoms with E-state index in [-0.39, 0.29) is 42.3 Å². The Kier molecular flexibility index (Phi) is 6.76. The van der Waals surface area contributed by atoms with Crippen molar-refractivity contribution in [2.75, 3.05) is 13.1 Å². The molecule has 2 unspecified atom stereocenters. The van der Waals surface area contributed by atoms with Crippen molar-refractivity contribution >= 4 is 17.3 Å². The third kappa shape index (κ3) is 4.85. The highest BCUT2D eigenvalue weighted by Gasteiger charge is 2.46. The minimum Gasteiger partial charge on any atom is -0.365 e. The van der Waals surface area contributed by atoms with Gasteiger partial charge in [0.1, 0.15) is 17.5 Å². The maximum absolute atomic E-state index is 15.9. The number of likely N-dealkylation sites (tertiary alicyclic amines) is 1. The van der Waals surface area contributed by atoms with Gasteiger partial charge in [0.25, 0.3) is 5.91 Å². The van der Waals surface area contributed by atoms with Crippen LogP contribution in [0.25, 0.3) is 5.57 Å². The summed E-state index contributed by atoms with van der Waals surface area (Å²) in [4.78, 5) is 26.5. The monoisotopic (exact) mass is 489 g/mol. The van der Waals surface area contributed by atoms with Crippen molar-refractivity contribution in [3.05, 3.63) is 58.9 Å². The average Bonchev–Trinajstić information content (AvgIpc) is 3.40. The Bertz CT molecular complexity index is 1220. The summed E-state index contributed by atoms with van der Waals surface area (Å²) in [7, 11) is 0. The molecule has 2 N–H and O–H groups in total. The van der Waals surface area contributed by atoms with Crippen molar-refractivity contribution in [2.45, 2.75) is 69.6 Å². The number of alkyl halides is 1. The van der Waals surface area contributed by atoms with Crippen LogP contribution < -0.4 is 5.73 Å². The summed E-state index contributed by atoms with van der Waals surface area (Å²) in [6.07, 6.45) is 7.84. The molecule has 36 heavy (non-hydrogen) atoms. The number of nitriles is 1. The first-order valence-electron chi connectivity index (χ1n) is 12.8. The molecule has 3 aliphatic rings. The molecule has 2 atom stereocenters.